The molecule has 0 aromatic heterocycles. The smallest absolute Gasteiger partial charge is 0.306 e. The van der Waals surface area contributed by atoms with Gasteiger partial charge in [-0.15, -0.1) is 0 Å². The average molecular weight is 903 g/mol. The van der Waals surface area contributed by atoms with Crippen LogP contribution in [0, 0.1) is 0 Å². The van der Waals surface area contributed by atoms with Crippen LogP contribution in [-0.4, -0.2) is 37.2 Å². The van der Waals surface area contributed by atoms with E-state index in [2.05, 4.69) is 118 Å². The van der Waals surface area contributed by atoms with E-state index in [4.69, 9.17) is 14.2 Å². The van der Waals surface area contributed by atoms with E-state index in [1.807, 2.05) is 0 Å². The second kappa shape index (κ2) is 52.9. The molecule has 0 aliphatic carbocycles. The van der Waals surface area contributed by atoms with Crippen LogP contribution in [0.1, 0.15) is 239 Å². The number of hydrogen-bond donors (Lipinski definition) is 0. The Balaban J connectivity index is 4.15. The molecule has 0 spiro atoms. The Labute approximate surface area is 400 Å². The summed E-state index contributed by atoms with van der Waals surface area (Å²) in [6.45, 7) is 6.31. The summed E-state index contributed by atoms with van der Waals surface area (Å²) < 4.78 is 16.7. The van der Waals surface area contributed by atoms with Crippen LogP contribution >= 0.6 is 0 Å². The predicted octanol–water partition coefficient (Wildman–Crippen LogP) is 17.8. The van der Waals surface area contributed by atoms with Crippen LogP contribution in [0.5, 0.6) is 0 Å². The molecular weight excluding hydrogens is 805 g/mol. The van der Waals surface area contributed by atoms with E-state index in [1.54, 1.807) is 0 Å². The Hall–Kier alpha value is -3.67. The first-order valence-electron chi connectivity index (χ1n) is 26.7. The molecule has 0 N–H and O–H groups in total. The minimum Gasteiger partial charge on any atom is -0.462 e. The fourth-order valence-corrected chi connectivity index (χ4v) is 7.13. The second-order valence-electron chi connectivity index (χ2n) is 17.4. The molecule has 0 amide bonds. The van der Waals surface area contributed by atoms with Crippen molar-refractivity contribution in [3.05, 3.63) is 97.2 Å². The van der Waals surface area contributed by atoms with Crippen LogP contribution in [0.25, 0.3) is 0 Å². The molecule has 65 heavy (non-hydrogen) atoms. The molecule has 0 aromatic carbocycles. The Kier molecular flexibility index (Phi) is 50.0. The van der Waals surface area contributed by atoms with Gasteiger partial charge in [0.05, 0.1) is 0 Å². The van der Waals surface area contributed by atoms with Crippen LogP contribution in [0.4, 0.5) is 0 Å². The molecule has 1 unspecified atom stereocenters. The van der Waals surface area contributed by atoms with Crippen LogP contribution in [-0.2, 0) is 28.6 Å². The summed E-state index contributed by atoms with van der Waals surface area (Å²) in [5.74, 6) is -0.916. The van der Waals surface area contributed by atoms with E-state index >= 15 is 0 Å². The number of allylic oxidation sites excluding steroid dienone is 16. The fraction of sp³-hybridized carbons (Fsp3) is 0.678. The predicted molar refractivity (Wildman–Crippen MR) is 279 cm³/mol. The van der Waals surface area contributed by atoms with Gasteiger partial charge in [0.25, 0.3) is 0 Å². The quantitative estimate of drug-likeness (QED) is 0.0262. The van der Waals surface area contributed by atoms with Gasteiger partial charge in [0.1, 0.15) is 13.2 Å². The lowest BCUT2D eigenvalue weighted by atomic mass is 10.1. The highest BCUT2D eigenvalue weighted by atomic mass is 16.6. The van der Waals surface area contributed by atoms with Crippen molar-refractivity contribution < 1.29 is 28.6 Å². The largest absolute Gasteiger partial charge is 0.462 e. The highest BCUT2D eigenvalue weighted by molar-refractivity contribution is 5.71. The molecule has 0 saturated carbocycles. The molecule has 1 atom stereocenters. The van der Waals surface area contributed by atoms with Gasteiger partial charge < -0.3 is 14.2 Å². The summed E-state index contributed by atoms with van der Waals surface area (Å²) >= 11 is 0. The summed E-state index contributed by atoms with van der Waals surface area (Å²) in [7, 11) is 0. The Morgan fingerprint density at radius 2 is 0.600 bits per heavy atom. The van der Waals surface area contributed by atoms with Gasteiger partial charge in [-0.2, -0.15) is 0 Å². The van der Waals surface area contributed by atoms with E-state index in [1.165, 1.54) is 70.6 Å². The third kappa shape index (κ3) is 51.2. The first-order valence-corrected chi connectivity index (χ1v) is 26.7. The topological polar surface area (TPSA) is 78.9 Å². The maximum Gasteiger partial charge on any atom is 0.306 e. The van der Waals surface area contributed by atoms with Crippen LogP contribution in [0.15, 0.2) is 97.2 Å². The number of esters is 3. The molecule has 370 valence electrons. The minimum absolute atomic E-state index is 0.0846. The van der Waals surface area contributed by atoms with Crippen molar-refractivity contribution in [3.63, 3.8) is 0 Å². The van der Waals surface area contributed by atoms with Gasteiger partial charge in [0.15, 0.2) is 6.10 Å². The normalized spacial score (nSPS) is 12.8. The maximum atomic E-state index is 12.7. The van der Waals surface area contributed by atoms with Crippen molar-refractivity contribution in [2.75, 3.05) is 13.2 Å². The Morgan fingerprint density at radius 3 is 0.938 bits per heavy atom. The van der Waals surface area contributed by atoms with Gasteiger partial charge in [-0.05, 0) is 96.3 Å². The zero-order valence-corrected chi connectivity index (χ0v) is 42.2. The standard InChI is InChI=1S/C59H98O6/c1-4-7-10-13-15-17-19-21-23-25-26-27-28-29-30-31-32-34-35-37-39-41-43-46-49-52-58(61)64-55-56(54-63-57(60)51-48-45-12-9-6-3)65-59(62)53-50-47-44-42-40-38-36-33-24-22-20-18-16-14-11-8-5-2/h7-8,10-11,15-18,21-24,26-27,29-30,56H,4-6,9,12-14,19-20,25,28,31-55H2,1-3H3/b10-7-,11-8-,17-15-,18-16-,23-21-,24-22-,27-26-,30-29-. The van der Waals surface area contributed by atoms with E-state index in [0.29, 0.717) is 19.3 Å². The summed E-state index contributed by atoms with van der Waals surface area (Å²) in [4.78, 5) is 37.7. The van der Waals surface area contributed by atoms with Crippen molar-refractivity contribution in [2.45, 2.75) is 245 Å². The first kappa shape index (κ1) is 61.3. The number of hydrogen-bond acceptors (Lipinski definition) is 6. The van der Waals surface area contributed by atoms with Gasteiger partial charge in [0.2, 0.25) is 0 Å². The zero-order chi connectivity index (χ0) is 47.2. The monoisotopic (exact) mass is 903 g/mol. The van der Waals surface area contributed by atoms with Crippen molar-refractivity contribution >= 4 is 17.9 Å². The summed E-state index contributed by atoms with van der Waals surface area (Å²) in [6, 6.07) is 0. The molecule has 0 heterocycles. The molecule has 0 fully saturated rings. The third-order valence-electron chi connectivity index (χ3n) is 11.1. The Bertz CT molecular complexity index is 1310. The van der Waals surface area contributed by atoms with E-state index in [-0.39, 0.29) is 31.1 Å². The van der Waals surface area contributed by atoms with Crippen molar-refractivity contribution in [3.8, 4) is 0 Å². The van der Waals surface area contributed by atoms with Crippen molar-refractivity contribution in [1.29, 1.82) is 0 Å². The molecule has 6 nitrogen and oxygen atoms in total. The van der Waals surface area contributed by atoms with Gasteiger partial charge in [-0.1, -0.05) is 221 Å². The van der Waals surface area contributed by atoms with Gasteiger partial charge >= 0.3 is 17.9 Å². The number of carbonyl (C=O) groups is 3. The van der Waals surface area contributed by atoms with Gasteiger partial charge in [-0.25, -0.2) is 0 Å². The molecule has 0 radical (unpaired) electrons. The maximum absolute atomic E-state index is 12.7. The van der Waals surface area contributed by atoms with Gasteiger partial charge in [-0.3, -0.25) is 14.4 Å². The zero-order valence-electron chi connectivity index (χ0n) is 42.2. The Morgan fingerprint density at radius 1 is 0.323 bits per heavy atom. The number of unbranched alkanes of at least 4 members (excludes halogenated alkanes) is 20. The number of rotatable bonds is 47. The van der Waals surface area contributed by atoms with Crippen LogP contribution < -0.4 is 0 Å². The van der Waals surface area contributed by atoms with Crippen molar-refractivity contribution in [2.24, 2.45) is 0 Å². The fourth-order valence-electron chi connectivity index (χ4n) is 7.13. The van der Waals surface area contributed by atoms with E-state index in [9.17, 15) is 14.4 Å². The lowest BCUT2D eigenvalue weighted by Gasteiger charge is -2.18. The third-order valence-corrected chi connectivity index (χ3v) is 11.1. The molecule has 0 aliphatic heterocycles. The number of carbonyl (C=O) groups excluding carboxylic acids is 3. The SMILES string of the molecule is CC/C=C\C/C=C\C/C=C\C/C=C\C/C=C\CCCCCCCCCCCC(=O)OCC(COC(=O)CCCCCCC)OC(=O)CCCCCCCCC/C=C\C/C=C\C/C=C\CC. The lowest BCUT2D eigenvalue weighted by Crippen LogP contribution is -2.30. The number of ether oxygens (including phenoxy) is 3. The van der Waals surface area contributed by atoms with Crippen LogP contribution in [0.3, 0.4) is 0 Å². The molecule has 0 aromatic rings. The minimum atomic E-state index is -0.782. The molecular formula is C59H98O6. The molecule has 6 heteroatoms. The summed E-state index contributed by atoms with van der Waals surface area (Å²) in [6.07, 6.45) is 70.0. The molecule has 0 aliphatic rings. The molecule has 0 rings (SSSR count). The molecule has 0 saturated heterocycles. The van der Waals surface area contributed by atoms with Gasteiger partial charge in [0, 0.05) is 19.3 Å². The van der Waals surface area contributed by atoms with E-state index < -0.39 is 6.10 Å². The highest BCUT2D eigenvalue weighted by Gasteiger charge is 2.19. The van der Waals surface area contributed by atoms with Crippen LogP contribution in [0.2, 0.25) is 0 Å². The average Bonchev–Trinajstić information content (AvgIpc) is 3.30. The first-order chi connectivity index (χ1) is 32.0. The summed E-state index contributed by atoms with van der Waals surface area (Å²) in [5.41, 5.74) is 0. The molecule has 0 bridgehead atoms. The highest BCUT2D eigenvalue weighted by Crippen LogP contribution is 2.14. The van der Waals surface area contributed by atoms with E-state index in [0.717, 1.165) is 128 Å². The van der Waals surface area contributed by atoms with Crippen molar-refractivity contribution in [1.82, 2.24) is 0 Å². The second-order valence-corrected chi connectivity index (χ2v) is 17.4. The summed E-state index contributed by atoms with van der Waals surface area (Å²) in [5, 5.41) is 0. The lowest BCUT2D eigenvalue weighted by molar-refractivity contribution is -0.167.